The minimum absolute atomic E-state index is 0.0859. The van der Waals surface area contributed by atoms with Gasteiger partial charge in [-0.05, 0) is 67.9 Å². The number of amides is 1. The van der Waals surface area contributed by atoms with Crippen LogP contribution in [0.15, 0.2) is 65.6 Å². The zero-order valence-electron chi connectivity index (χ0n) is 18.7. The number of benzene rings is 3. The molecule has 7 nitrogen and oxygen atoms in total. The average molecular weight is 473 g/mol. The smallest absolute Gasteiger partial charge is 0.261 e. The second-order valence-electron chi connectivity index (χ2n) is 7.39. The molecular weight excluding hydrogens is 447 g/mol. The summed E-state index contributed by atoms with van der Waals surface area (Å²) in [6, 6.07) is 14.1. The van der Waals surface area contributed by atoms with Crippen molar-refractivity contribution >= 4 is 21.6 Å². The molecule has 0 saturated heterocycles. The van der Waals surface area contributed by atoms with E-state index in [1.54, 1.807) is 45.2 Å². The summed E-state index contributed by atoms with van der Waals surface area (Å²) in [5.41, 5.74) is 1.78. The number of hydrogen-bond donors (Lipinski definition) is 2. The number of halogens is 1. The Kier molecular flexibility index (Phi) is 7.23. The number of anilines is 1. The Morgan fingerprint density at radius 3 is 2.30 bits per heavy atom. The molecule has 9 heteroatoms. The summed E-state index contributed by atoms with van der Waals surface area (Å²) in [6.45, 7) is 3.52. The van der Waals surface area contributed by atoms with E-state index in [2.05, 4.69) is 10.0 Å². The maximum absolute atomic E-state index is 13.1. The van der Waals surface area contributed by atoms with Crippen LogP contribution in [0.2, 0.25) is 0 Å². The van der Waals surface area contributed by atoms with Gasteiger partial charge in [0.05, 0.1) is 25.2 Å². The number of hydrogen-bond acceptors (Lipinski definition) is 5. The molecule has 0 aliphatic carbocycles. The van der Waals surface area contributed by atoms with Crippen molar-refractivity contribution in [3.8, 4) is 11.5 Å². The molecule has 0 spiro atoms. The molecule has 2 N–H and O–H groups in total. The first-order valence-electron chi connectivity index (χ1n) is 10.1. The minimum atomic E-state index is -3.98. The molecule has 0 heterocycles. The van der Waals surface area contributed by atoms with Crippen molar-refractivity contribution in [2.75, 3.05) is 18.9 Å². The van der Waals surface area contributed by atoms with Crippen molar-refractivity contribution in [1.82, 2.24) is 5.32 Å². The van der Waals surface area contributed by atoms with Crippen molar-refractivity contribution < 1.29 is 27.1 Å². The van der Waals surface area contributed by atoms with Crippen LogP contribution in [0.3, 0.4) is 0 Å². The van der Waals surface area contributed by atoms with Crippen LogP contribution >= 0.6 is 0 Å². The fraction of sp³-hybridized carbons (Fsp3) is 0.208. The van der Waals surface area contributed by atoms with E-state index in [0.29, 0.717) is 17.1 Å². The first-order valence-corrected chi connectivity index (χ1v) is 11.5. The molecule has 3 rings (SSSR count). The van der Waals surface area contributed by atoms with Gasteiger partial charge in [0.25, 0.3) is 15.9 Å². The average Bonchev–Trinajstić information content (AvgIpc) is 2.79. The zero-order valence-corrected chi connectivity index (χ0v) is 19.5. The van der Waals surface area contributed by atoms with Crippen LogP contribution < -0.4 is 19.5 Å². The summed E-state index contributed by atoms with van der Waals surface area (Å²) in [5, 5.41) is 2.88. The van der Waals surface area contributed by atoms with E-state index in [1.807, 2.05) is 0 Å². The largest absolute Gasteiger partial charge is 0.497 e. The highest BCUT2D eigenvalue weighted by Gasteiger charge is 2.21. The van der Waals surface area contributed by atoms with Crippen molar-refractivity contribution in [2.24, 2.45) is 0 Å². The molecule has 0 bridgehead atoms. The molecule has 0 aromatic heterocycles. The summed E-state index contributed by atoms with van der Waals surface area (Å²) >= 11 is 0. The molecule has 0 aliphatic rings. The SMILES string of the molecule is COc1ccc(C(C)NC(=O)c2cc(S(=O)(=O)Nc3ccc(F)cc3)ccc2C)c(OC)c1. The summed E-state index contributed by atoms with van der Waals surface area (Å²) < 4.78 is 51.7. The lowest BCUT2D eigenvalue weighted by atomic mass is 10.0. The number of methoxy groups -OCH3 is 2. The maximum atomic E-state index is 13.1. The lowest BCUT2D eigenvalue weighted by molar-refractivity contribution is 0.0938. The second-order valence-corrected chi connectivity index (χ2v) is 9.07. The Morgan fingerprint density at radius 1 is 0.970 bits per heavy atom. The maximum Gasteiger partial charge on any atom is 0.261 e. The number of carbonyl (C=O) groups is 1. The van der Waals surface area contributed by atoms with E-state index >= 15 is 0 Å². The van der Waals surface area contributed by atoms with Gasteiger partial charge in [-0.15, -0.1) is 0 Å². The molecule has 0 radical (unpaired) electrons. The summed E-state index contributed by atoms with van der Waals surface area (Å²) in [6.07, 6.45) is 0. The molecule has 1 atom stereocenters. The Labute approximate surface area is 192 Å². The normalized spacial score (nSPS) is 12.0. The standard InChI is InChI=1S/C24H25FN2O5S/c1-15-5-11-20(33(29,30)27-18-8-6-17(25)7-9-18)14-22(15)24(28)26-16(2)21-12-10-19(31-3)13-23(21)32-4/h5-14,16,27H,1-4H3,(H,26,28). The monoisotopic (exact) mass is 472 g/mol. The minimum Gasteiger partial charge on any atom is -0.497 e. The number of nitrogens with one attached hydrogen (secondary N) is 2. The Bertz CT molecular complexity index is 1260. The van der Waals surface area contributed by atoms with Gasteiger partial charge in [-0.3, -0.25) is 9.52 Å². The van der Waals surface area contributed by atoms with Crippen LogP contribution in [0.5, 0.6) is 11.5 Å². The molecule has 0 fully saturated rings. The molecule has 0 aliphatic heterocycles. The van der Waals surface area contributed by atoms with Crippen LogP contribution in [-0.4, -0.2) is 28.5 Å². The predicted octanol–water partition coefficient (Wildman–Crippen LogP) is 4.44. The summed E-state index contributed by atoms with van der Waals surface area (Å²) in [4.78, 5) is 12.9. The Morgan fingerprint density at radius 2 is 1.67 bits per heavy atom. The quantitative estimate of drug-likeness (QED) is 0.506. The molecule has 174 valence electrons. The van der Waals surface area contributed by atoms with Crippen molar-refractivity contribution in [1.29, 1.82) is 0 Å². The van der Waals surface area contributed by atoms with E-state index in [0.717, 1.165) is 17.7 Å². The van der Waals surface area contributed by atoms with Gasteiger partial charge < -0.3 is 14.8 Å². The number of carbonyl (C=O) groups excluding carboxylic acids is 1. The number of rotatable bonds is 8. The fourth-order valence-corrected chi connectivity index (χ4v) is 4.36. The first kappa shape index (κ1) is 24.1. The fourth-order valence-electron chi connectivity index (χ4n) is 3.27. The third-order valence-electron chi connectivity index (χ3n) is 5.12. The van der Waals surface area contributed by atoms with Crippen LogP contribution in [0, 0.1) is 12.7 Å². The topological polar surface area (TPSA) is 93.7 Å². The van der Waals surface area contributed by atoms with E-state index in [4.69, 9.17) is 9.47 Å². The van der Waals surface area contributed by atoms with Gasteiger partial charge in [-0.1, -0.05) is 6.07 Å². The van der Waals surface area contributed by atoms with Gasteiger partial charge in [-0.25, -0.2) is 12.8 Å². The van der Waals surface area contributed by atoms with Crippen molar-refractivity contribution in [3.63, 3.8) is 0 Å². The predicted molar refractivity (Wildman–Crippen MR) is 124 cm³/mol. The molecule has 33 heavy (non-hydrogen) atoms. The first-order chi connectivity index (χ1) is 15.6. The van der Waals surface area contributed by atoms with Crippen molar-refractivity contribution in [3.05, 3.63) is 83.2 Å². The highest BCUT2D eigenvalue weighted by Crippen LogP contribution is 2.30. The number of ether oxygens (including phenoxy) is 2. The Hall–Kier alpha value is -3.59. The van der Waals surface area contributed by atoms with Gasteiger partial charge in [0.1, 0.15) is 17.3 Å². The second kappa shape index (κ2) is 9.91. The highest BCUT2D eigenvalue weighted by atomic mass is 32.2. The van der Waals surface area contributed by atoms with E-state index in [1.165, 1.54) is 31.4 Å². The van der Waals surface area contributed by atoms with Gasteiger partial charge in [0.2, 0.25) is 0 Å². The number of aryl methyl sites for hydroxylation is 1. The van der Waals surface area contributed by atoms with E-state index < -0.39 is 27.8 Å². The van der Waals surface area contributed by atoms with Gasteiger partial charge >= 0.3 is 0 Å². The lowest BCUT2D eigenvalue weighted by Gasteiger charge is -2.19. The van der Waals surface area contributed by atoms with E-state index in [9.17, 15) is 17.6 Å². The summed E-state index contributed by atoms with van der Waals surface area (Å²) in [7, 11) is -0.907. The molecule has 3 aromatic rings. The van der Waals surface area contributed by atoms with Gasteiger partial charge in [-0.2, -0.15) is 0 Å². The van der Waals surface area contributed by atoms with Crippen LogP contribution in [0.1, 0.15) is 34.5 Å². The van der Waals surface area contributed by atoms with Crippen LogP contribution in [0.25, 0.3) is 0 Å². The van der Waals surface area contributed by atoms with Crippen LogP contribution in [0.4, 0.5) is 10.1 Å². The van der Waals surface area contributed by atoms with Gasteiger partial charge in [0, 0.05) is 22.9 Å². The summed E-state index contributed by atoms with van der Waals surface area (Å²) in [5.74, 6) is 0.266. The molecular formula is C24H25FN2O5S. The van der Waals surface area contributed by atoms with Gasteiger partial charge in [0.15, 0.2) is 0 Å². The molecule has 3 aromatic carbocycles. The molecule has 0 saturated carbocycles. The third kappa shape index (κ3) is 5.61. The zero-order chi connectivity index (χ0) is 24.2. The lowest BCUT2D eigenvalue weighted by Crippen LogP contribution is -2.28. The Balaban J connectivity index is 1.84. The molecule has 1 amide bonds. The highest BCUT2D eigenvalue weighted by molar-refractivity contribution is 7.92. The number of sulfonamides is 1. The third-order valence-corrected chi connectivity index (χ3v) is 6.49. The van der Waals surface area contributed by atoms with Crippen molar-refractivity contribution in [2.45, 2.75) is 24.8 Å². The van der Waals surface area contributed by atoms with Crippen LogP contribution in [-0.2, 0) is 10.0 Å². The van der Waals surface area contributed by atoms with E-state index in [-0.39, 0.29) is 16.1 Å². The molecule has 1 unspecified atom stereocenters.